The maximum absolute atomic E-state index is 13.8. The van der Waals surface area contributed by atoms with Crippen LogP contribution in [0.25, 0.3) is 0 Å². The largest absolute Gasteiger partial charge is 0.494 e. The van der Waals surface area contributed by atoms with E-state index in [4.69, 9.17) is 34.2 Å². The van der Waals surface area contributed by atoms with Crippen LogP contribution >= 0.6 is 0 Å². The Hall–Kier alpha value is -3.14. The van der Waals surface area contributed by atoms with Crippen LogP contribution in [-0.4, -0.2) is 94.7 Å². The van der Waals surface area contributed by atoms with Gasteiger partial charge < -0.3 is 44.6 Å². The summed E-state index contributed by atoms with van der Waals surface area (Å²) in [6, 6.07) is 10.8. The van der Waals surface area contributed by atoms with E-state index in [1.165, 1.54) is 16.4 Å². The summed E-state index contributed by atoms with van der Waals surface area (Å²) in [4.78, 5) is 13.2. The van der Waals surface area contributed by atoms with Crippen molar-refractivity contribution in [2.45, 2.75) is 62.5 Å². The van der Waals surface area contributed by atoms with Gasteiger partial charge in [0.25, 0.3) is 0 Å². The molecule has 0 unspecified atom stereocenters. The van der Waals surface area contributed by atoms with Crippen LogP contribution in [0.3, 0.4) is 0 Å². The molecule has 4 N–H and O–H groups in total. The maximum Gasteiger partial charge on any atom is 0.407 e. The van der Waals surface area contributed by atoms with Gasteiger partial charge in [0.2, 0.25) is 16.8 Å². The summed E-state index contributed by atoms with van der Waals surface area (Å²) in [6.45, 7) is 5.44. The third-order valence-corrected chi connectivity index (χ3v) is 9.78. The van der Waals surface area contributed by atoms with Crippen LogP contribution in [-0.2, 0) is 30.7 Å². The summed E-state index contributed by atoms with van der Waals surface area (Å²) < 4.78 is 62.2. The lowest BCUT2D eigenvalue weighted by Crippen LogP contribution is -2.51. The highest BCUT2D eigenvalue weighted by atomic mass is 32.2. The molecular weight excluding hydrogens is 606 g/mol. The molecule has 0 spiro atoms. The molecule has 2 saturated heterocycles. The van der Waals surface area contributed by atoms with E-state index < -0.39 is 34.4 Å². The predicted octanol–water partition coefficient (Wildman–Crippen LogP) is 2.25. The SMILES string of the molecule is CC(C)CN(C[C@@H](O)[C@H](Cc1ccc(OCCCN)cc1)NC(=O)O[C@H]1CO[C@H]2OCC[C@H]21)S(=O)(=O)c1ccc2c(c1)OCO2. The number of carbonyl (C=O) groups excluding carboxylic acids is 1. The van der Waals surface area contributed by atoms with Crippen molar-refractivity contribution < 1.29 is 46.7 Å². The van der Waals surface area contributed by atoms with Gasteiger partial charge in [-0.15, -0.1) is 0 Å². The van der Waals surface area contributed by atoms with Crippen LogP contribution < -0.4 is 25.3 Å². The van der Waals surface area contributed by atoms with Gasteiger partial charge in [0.1, 0.15) is 11.9 Å². The zero-order chi connectivity index (χ0) is 32.0. The van der Waals surface area contributed by atoms with Crippen molar-refractivity contribution >= 4 is 16.1 Å². The zero-order valence-corrected chi connectivity index (χ0v) is 26.4. The molecular formula is C31H43N3O10S. The van der Waals surface area contributed by atoms with Crippen molar-refractivity contribution in [3.8, 4) is 17.2 Å². The molecule has 14 heteroatoms. The average molecular weight is 650 g/mol. The van der Waals surface area contributed by atoms with Gasteiger partial charge in [-0.25, -0.2) is 13.2 Å². The number of rotatable bonds is 15. The molecule has 45 heavy (non-hydrogen) atoms. The molecule has 3 aliphatic heterocycles. The first-order valence-electron chi connectivity index (χ1n) is 15.3. The monoisotopic (exact) mass is 649 g/mol. The summed E-state index contributed by atoms with van der Waals surface area (Å²) >= 11 is 0. The summed E-state index contributed by atoms with van der Waals surface area (Å²) in [5.41, 5.74) is 6.34. The average Bonchev–Trinajstić information content (AvgIpc) is 3.76. The van der Waals surface area contributed by atoms with Crippen LogP contribution in [0, 0.1) is 11.8 Å². The fourth-order valence-corrected chi connectivity index (χ4v) is 7.24. The molecule has 5 rings (SSSR count). The highest BCUT2D eigenvalue weighted by Crippen LogP contribution is 2.35. The van der Waals surface area contributed by atoms with E-state index in [2.05, 4.69) is 5.32 Å². The molecule has 0 radical (unpaired) electrons. The van der Waals surface area contributed by atoms with E-state index >= 15 is 0 Å². The molecule has 13 nitrogen and oxygen atoms in total. The van der Waals surface area contributed by atoms with E-state index in [-0.39, 0.29) is 55.9 Å². The number of sulfonamides is 1. The fourth-order valence-electron chi connectivity index (χ4n) is 5.60. The van der Waals surface area contributed by atoms with E-state index in [9.17, 15) is 18.3 Å². The normalized spacial score (nSPS) is 22.0. The lowest BCUT2D eigenvalue weighted by molar-refractivity contribution is -0.0907. The van der Waals surface area contributed by atoms with Crippen molar-refractivity contribution in [3.63, 3.8) is 0 Å². The molecule has 2 aromatic rings. The number of hydrogen-bond acceptors (Lipinski definition) is 11. The Kier molecular flexibility index (Phi) is 11.1. The minimum absolute atomic E-state index is 0.0128. The highest BCUT2D eigenvalue weighted by Gasteiger charge is 2.44. The number of carbonyl (C=O) groups is 1. The van der Waals surface area contributed by atoms with Crippen molar-refractivity contribution in [1.29, 1.82) is 0 Å². The van der Waals surface area contributed by atoms with Gasteiger partial charge in [0.15, 0.2) is 17.8 Å². The molecule has 5 atom stereocenters. The zero-order valence-electron chi connectivity index (χ0n) is 25.6. The molecule has 0 aliphatic carbocycles. The second kappa shape index (κ2) is 15.0. The molecule has 1 amide bonds. The van der Waals surface area contributed by atoms with E-state index in [0.717, 1.165) is 18.4 Å². The van der Waals surface area contributed by atoms with E-state index in [0.29, 0.717) is 37.0 Å². The van der Waals surface area contributed by atoms with Crippen molar-refractivity contribution in [3.05, 3.63) is 48.0 Å². The third-order valence-electron chi connectivity index (χ3n) is 7.95. The number of hydrogen-bond donors (Lipinski definition) is 3. The smallest absolute Gasteiger partial charge is 0.407 e. The van der Waals surface area contributed by atoms with Crippen molar-refractivity contribution in [2.24, 2.45) is 17.6 Å². The fraction of sp³-hybridized carbons (Fsp3) is 0.581. The van der Waals surface area contributed by atoms with Crippen molar-refractivity contribution in [1.82, 2.24) is 9.62 Å². The second-order valence-corrected chi connectivity index (χ2v) is 13.8. The molecule has 2 fully saturated rings. The molecule has 248 valence electrons. The number of ether oxygens (including phenoxy) is 6. The molecule has 2 aromatic carbocycles. The minimum Gasteiger partial charge on any atom is -0.494 e. The first-order valence-corrected chi connectivity index (χ1v) is 16.8. The number of aliphatic hydroxyl groups is 1. The minimum atomic E-state index is -4.05. The van der Waals surface area contributed by atoms with Crippen LogP contribution in [0.5, 0.6) is 17.2 Å². The van der Waals surface area contributed by atoms with Gasteiger partial charge in [0.05, 0.1) is 42.8 Å². The predicted molar refractivity (Wildman–Crippen MR) is 162 cm³/mol. The van der Waals surface area contributed by atoms with Gasteiger partial charge in [0, 0.05) is 19.2 Å². The summed E-state index contributed by atoms with van der Waals surface area (Å²) in [6.07, 6.45) is -1.24. The van der Waals surface area contributed by atoms with Gasteiger partial charge in [-0.05, 0) is 61.6 Å². The first-order chi connectivity index (χ1) is 21.6. The van der Waals surface area contributed by atoms with Gasteiger partial charge in [-0.1, -0.05) is 26.0 Å². The second-order valence-electron chi connectivity index (χ2n) is 11.9. The Balaban J connectivity index is 1.33. The van der Waals surface area contributed by atoms with Crippen molar-refractivity contribution in [2.75, 3.05) is 46.2 Å². The Labute approximate surface area is 263 Å². The Morgan fingerprint density at radius 3 is 2.64 bits per heavy atom. The molecule has 3 aliphatic rings. The Morgan fingerprint density at radius 1 is 1.11 bits per heavy atom. The van der Waals surface area contributed by atoms with E-state index in [1.807, 2.05) is 26.0 Å². The van der Waals surface area contributed by atoms with Crippen LogP contribution in [0.2, 0.25) is 0 Å². The van der Waals surface area contributed by atoms with Gasteiger partial charge in [-0.3, -0.25) is 0 Å². The number of nitrogens with zero attached hydrogens (tertiary/aromatic N) is 1. The van der Waals surface area contributed by atoms with Gasteiger partial charge >= 0.3 is 6.09 Å². The maximum atomic E-state index is 13.8. The topological polar surface area (TPSA) is 168 Å². The highest BCUT2D eigenvalue weighted by molar-refractivity contribution is 7.89. The number of alkyl carbamates (subject to hydrolysis) is 1. The van der Waals surface area contributed by atoms with Crippen LogP contribution in [0.4, 0.5) is 4.79 Å². The number of amides is 1. The quantitative estimate of drug-likeness (QED) is 0.242. The number of fused-ring (bicyclic) bond motifs is 2. The lowest BCUT2D eigenvalue weighted by Gasteiger charge is -2.31. The summed E-state index contributed by atoms with van der Waals surface area (Å²) in [5, 5.41) is 14.4. The molecule has 3 heterocycles. The number of aliphatic hydroxyl groups excluding tert-OH is 1. The number of benzene rings is 2. The third kappa shape index (κ3) is 8.37. The standard InChI is InChI=1S/C31H43N3O10S/c1-20(2)16-34(45(37,38)23-8-9-27-28(15-23)43-19-42-27)17-26(35)25(14-21-4-6-22(7-5-21)39-12-3-11-32)33-31(36)44-29-18-41-30-24(29)10-13-40-30/h4-9,15,20,24-26,29-30,35H,3,10-14,16-19,32H2,1-2H3,(H,33,36)/t24-,25-,26+,29-,30+/m0/s1. The van der Waals surface area contributed by atoms with Crippen LogP contribution in [0.1, 0.15) is 32.3 Å². The van der Waals surface area contributed by atoms with E-state index in [1.54, 1.807) is 18.2 Å². The number of nitrogens with two attached hydrogens (primary N) is 1. The Morgan fingerprint density at radius 2 is 1.89 bits per heavy atom. The summed E-state index contributed by atoms with van der Waals surface area (Å²) in [5.74, 6) is 1.37. The molecule has 0 saturated carbocycles. The van der Waals surface area contributed by atoms with Gasteiger partial charge in [-0.2, -0.15) is 4.31 Å². The summed E-state index contributed by atoms with van der Waals surface area (Å²) in [7, 11) is -4.05. The lowest BCUT2D eigenvalue weighted by atomic mass is 10.0. The number of nitrogens with one attached hydrogen (secondary N) is 1. The Bertz CT molecular complexity index is 1390. The molecule has 0 bridgehead atoms. The first kappa shape index (κ1) is 33.2. The van der Waals surface area contributed by atoms with Crippen LogP contribution in [0.15, 0.2) is 47.4 Å². The molecule has 0 aromatic heterocycles.